The van der Waals surface area contributed by atoms with E-state index in [0.717, 1.165) is 22.6 Å². The second kappa shape index (κ2) is 6.64. The zero-order valence-corrected chi connectivity index (χ0v) is 11.7. The molecule has 0 aliphatic heterocycles. The van der Waals surface area contributed by atoms with Crippen LogP contribution in [0.4, 0.5) is 0 Å². The molecule has 1 rings (SSSR count). The van der Waals surface area contributed by atoms with Gasteiger partial charge >= 0.3 is 5.91 Å². The number of likely N-dealkylation sites (N-methyl/N-ethyl adjacent to an activating group) is 1. The third-order valence-corrected chi connectivity index (χ3v) is 2.96. The Bertz CT molecular complexity index is 506. The second-order valence-corrected chi connectivity index (χ2v) is 4.22. The van der Waals surface area contributed by atoms with Crippen molar-refractivity contribution < 1.29 is 14.3 Å². The highest BCUT2D eigenvalue weighted by Crippen LogP contribution is 2.28. The molecule has 0 heterocycles. The van der Waals surface area contributed by atoms with Gasteiger partial charge < -0.3 is 14.4 Å². The molecule has 5 nitrogen and oxygen atoms in total. The van der Waals surface area contributed by atoms with Crippen LogP contribution in [0.1, 0.15) is 11.1 Å². The molecule has 0 unspecified atom stereocenters. The number of rotatable bonds is 5. The summed E-state index contributed by atoms with van der Waals surface area (Å²) in [6.07, 6.45) is 0.601. The van der Waals surface area contributed by atoms with E-state index in [4.69, 9.17) is 14.7 Å². The zero-order valence-electron chi connectivity index (χ0n) is 11.7. The van der Waals surface area contributed by atoms with Crippen LogP contribution in [0.3, 0.4) is 0 Å². The van der Waals surface area contributed by atoms with E-state index in [0.29, 0.717) is 13.0 Å². The van der Waals surface area contributed by atoms with E-state index in [9.17, 15) is 4.79 Å². The molecule has 19 heavy (non-hydrogen) atoms. The first-order valence-electron chi connectivity index (χ1n) is 5.90. The third kappa shape index (κ3) is 3.62. The monoisotopic (exact) mass is 262 g/mol. The number of nitriles is 1. The molecule has 0 atom stereocenters. The van der Waals surface area contributed by atoms with E-state index in [1.165, 1.54) is 4.90 Å². The summed E-state index contributed by atoms with van der Waals surface area (Å²) in [4.78, 5) is 12.6. The SMILES string of the molecule is COc1cc(CCN(C)C(=O)C#N)c(OC)cc1C. The van der Waals surface area contributed by atoms with Crippen molar-refractivity contribution in [2.24, 2.45) is 0 Å². The van der Waals surface area contributed by atoms with Gasteiger partial charge in [-0.1, -0.05) is 0 Å². The summed E-state index contributed by atoms with van der Waals surface area (Å²) in [6.45, 7) is 2.39. The molecule has 0 N–H and O–H groups in total. The first-order chi connectivity index (χ1) is 9.03. The minimum atomic E-state index is -0.543. The van der Waals surface area contributed by atoms with E-state index in [1.54, 1.807) is 27.3 Å². The third-order valence-electron chi connectivity index (χ3n) is 2.96. The highest BCUT2D eigenvalue weighted by atomic mass is 16.5. The lowest BCUT2D eigenvalue weighted by Crippen LogP contribution is -2.27. The molecule has 102 valence electrons. The number of nitrogens with zero attached hydrogens (tertiary/aromatic N) is 2. The van der Waals surface area contributed by atoms with Crippen LogP contribution in [0, 0.1) is 18.3 Å². The van der Waals surface area contributed by atoms with Crippen molar-refractivity contribution in [1.82, 2.24) is 4.90 Å². The first-order valence-corrected chi connectivity index (χ1v) is 5.90. The van der Waals surface area contributed by atoms with Gasteiger partial charge in [0.15, 0.2) is 6.07 Å². The van der Waals surface area contributed by atoms with Gasteiger partial charge in [0, 0.05) is 13.6 Å². The number of ether oxygens (including phenoxy) is 2. The number of methoxy groups -OCH3 is 2. The van der Waals surface area contributed by atoms with Crippen molar-refractivity contribution >= 4 is 5.91 Å². The van der Waals surface area contributed by atoms with Gasteiger partial charge in [-0.3, -0.25) is 4.79 Å². The molecule has 5 heteroatoms. The lowest BCUT2D eigenvalue weighted by molar-refractivity contribution is -0.124. The van der Waals surface area contributed by atoms with Gasteiger partial charge in [-0.25, -0.2) is 0 Å². The second-order valence-electron chi connectivity index (χ2n) is 4.22. The summed E-state index contributed by atoms with van der Waals surface area (Å²) in [5.41, 5.74) is 1.94. The van der Waals surface area contributed by atoms with Crippen LogP contribution in [-0.2, 0) is 11.2 Å². The van der Waals surface area contributed by atoms with Gasteiger partial charge in [0.1, 0.15) is 11.5 Å². The van der Waals surface area contributed by atoms with Crippen molar-refractivity contribution in [2.75, 3.05) is 27.8 Å². The minimum Gasteiger partial charge on any atom is -0.496 e. The van der Waals surface area contributed by atoms with Crippen molar-refractivity contribution in [1.29, 1.82) is 5.26 Å². The molecule has 0 aliphatic rings. The Kier molecular flexibility index (Phi) is 5.19. The predicted octanol–water partition coefficient (Wildman–Crippen LogP) is 1.54. The van der Waals surface area contributed by atoms with E-state index < -0.39 is 5.91 Å². The predicted molar refractivity (Wildman–Crippen MR) is 71.2 cm³/mol. The van der Waals surface area contributed by atoms with Gasteiger partial charge in [-0.2, -0.15) is 5.26 Å². The van der Waals surface area contributed by atoms with Crippen LogP contribution in [-0.4, -0.2) is 38.6 Å². The Morgan fingerprint density at radius 2 is 1.95 bits per heavy atom. The maximum absolute atomic E-state index is 11.2. The number of hydrogen-bond acceptors (Lipinski definition) is 4. The van der Waals surface area contributed by atoms with Crippen molar-refractivity contribution in [3.05, 3.63) is 23.3 Å². The Morgan fingerprint density at radius 1 is 1.32 bits per heavy atom. The van der Waals surface area contributed by atoms with Gasteiger partial charge in [-0.15, -0.1) is 0 Å². The number of carbonyl (C=O) groups excluding carboxylic acids is 1. The standard InChI is InChI=1S/C14H18N2O3/c1-10-7-13(19-4)11(8-12(10)18-3)5-6-16(2)14(17)9-15/h7-8H,5-6H2,1-4H3. The lowest BCUT2D eigenvalue weighted by atomic mass is 10.1. The van der Waals surface area contributed by atoms with Crippen molar-refractivity contribution in [3.63, 3.8) is 0 Å². The zero-order chi connectivity index (χ0) is 14.4. The largest absolute Gasteiger partial charge is 0.496 e. The number of amides is 1. The van der Waals surface area contributed by atoms with Crippen LogP contribution < -0.4 is 9.47 Å². The summed E-state index contributed by atoms with van der Waals surface area (Å²) in [5.74, 6) is 0.999. The molecular weight excluding hydrogens is 244 g/mol. The lowest BCUT2D eigenvalue weighted by Gasteiger charge is -2.16. The Labute approximate surface area is 113 Å². The van der Waals surface area contributed by atoms with Crippen molar-refractivity contribution in [3.8, 4) is 17.6 Å². The van der Waals surface area contributed by atoms with Crippen LogP contribution in [0.25, 0.3) is 0 Å². The van der Waals surface area contributed by atoms with Crippen LogP contribution >= 0.6 is 0 Å². The van der Waals surface area contributed by atoms with Gasteiger partial charge in [0.2, 0.25) is 0 Å². The first kappa shape index (κ1) is 14.8. The normalized spacial score (nSPS) is 9.63. The average Bonchev–Trinajstić information content (AvgIpc) is 2.44. The number of benzene rings is 1. The number of aryl methyl sites for hydroxylation is 1. The fraction of sp³-hybridized carbons (Fsp3) is 0.429. The summed E-state index contributed by atoms with van der Waals surface area (Å²) in [5, 5.41) is 8.54. The highest BCUT2D eigenvalue weighted by Gasteiger charge is 2.11. The topological polar surface area (TPSA) is 62.6 Å². The molecule has 0 bridgehead atoms. The molecule has 0 aromatic heterocycles. The van der Waals surface area contributed by atoms with Gasteiger partial charge in [-0.05, 0) is 36.6 Å². The Balaban J connectivity index is 2.88. The quantitative estimate of drug-likeness (QED) is 0.755. The number of carbonyl (C=O) groups is 1. The minimum absolute atomic E-state index is 0.453. The molecule has 0 fully saturated rings. The molecular formula is C14H18N2O3. The molecule has 0 radical (unpaired) electrons. The maximum Gasteiger partial charge on any atom is 0.324 e. The summed E-state index contributed by atoms with van der Waals surface area (Å²) in [7, 11) is 4.82. The molecule has 0 saturated carbocycles. The summed E-state index contributed by atoms with van der Waals surface area (Å²) in [6, 6.07) is 5.40. The molecule has 0 saturated heterocycles. The molecule has 0 spiro atoms. The van der Waals surface area contributed by atoms with E-state index >= 15 is 0 Å². The molecule has 1 aromatic carbocycles. The molecule has 0 aliphatic carbocycles. The van der Waals surface area contributed by atoms with E-state index in [-0.39, 0.29) is 0 Å². The maximum atomic E-state index is 11.2. The van der Waals surface area contributed by atoms with Crippen LogP contribution in [0.5, 0.6) is 11.5 Å². The fourth-order valence-electron chi connectivity index (χ4n) is 1.78. The van der Waals surface area contributed by atoms with E-state index in [2.05, 4.69) is 0 Å². The van der Waals surface area contributed by atoms with Gasteiger partial charge in [0.05, 0.1) is 14.2 Å². The van der Waals surface area contributed by atoms with E-state index in [1.807, 2.05) is 19.1 Å². The van der Waals surface area contributed by atoms with Crippen molar-refractivity contribution in [2.45, 2.75) is 13.3 Å². The fourth-order valence-corrected chi connectivity index (χ4v) is 1.78. The highest BCUT2D eigenvalue weighted by molar-refractivity contribution is 5.90. The Hall–Kier alpha value is -2.22. The molecule has 1 amide bonds. The summed E-state index contributed by atoms with van der Waals surface area (Å²) < 4.78 is 10.6. The summed E-state index contributed by atoms with van der Waals surface area (Å²) >= 11 is 0. The van der Waals surface area contributed by atoms with Gasteiger partial charge in [0.25, 0.3) is 0 Å². The van der Waals surface area contributed by atoms with Crippen LogP contribution in [0.15, 0.2) is 12.1 Å². The average molecular weight is 262 g/mol. The number of hydrogen-bond donors (Lipinski definition) is 0. The van der Waals surface area contributed by atoms with Crippen LogP contribution in [0.2, 0.25) is 0 Å². The molecule has 1 aromatic rings. The smallest absolute Gasteiger partial charge is 0.324 e. The Morgan fingerprint density at radius 3 is 2.47 bits per heavy atom.